The van der Waals surface area contributed by atoms with Gasteiger partial charge in [0, 0.05) is 5.97 Å². The molecule has 0 aromatic heterocycles. The van der Waals surface area contributed by atoms with Crippen molar-refractivity contribution in [2.24, 2.45) is 0 Å². The van der Waals surface area contributed by atoms with E-state index in [2.05, 4.69) is 19.1 Å². The summed E-state index contributed by atoms with van der Waals surface area (Å²) in [5.74, 6) is -0.914. The number of hydrogen-bond donors (Lipinski definition) is 4. The van der Waals surface area contributed by atoms with Crippen LogP contribution in [0.15, 0.2) is 12.2 Å². The van der Waals surface area contributed by atoms with Gasteiger partial charge >= 0.3 is 0 Å². The summed E-state index contributed by atoms with van der Waals surface area (Å²) in [5.41, 5.74) is 0. The lowest BCUT2D eigenvalue weighted by Gasteiger charge is -2.01. The quantitative estimate of drug-likeness (QED) is 0.192. The lowest BCUT2D eigenvalue weighted by atomic mass is 10.1. The number of carboxylic acids is 1. The number of rotatable bonds is 15. The van der Waals surface area contributed by atoms with Crippen molar-refractivity contribution in [2.45, 2.75) is 118 Å². The summed E-state index contributed by atoms with van der Waals surface area (Å²) in [6, 6.07) is 0. The molecule has 0 rings (SSSR count). The van der Waals surface area contributed by atoms with Crippen LogP contribution in [0.25, 0.3) is 0 Å². The van der Waals surface area contributed by atoms with Crippen LogP contribution in [0.3, 0.4) is 0 Å². The molecular formula is C24H64N4O5. The predicted molar refractivity (Wildman–Crippen MR) is 140 cm³/mol. The van der Waals surface area contributed by atoms with Gasteiger partial charge in [-0.1, -0.05) is 91.2 Å². The monoisotopic (exact) mass is 488 g/mol. The molecule has 0 spiro atoms. The van der Waals surface area contributed by atoms with E-state index in [0.29, 0.717) is 0 Å². The van der Waals surface area contributed by atoms with Crippen LogP contribution in [0.5, 0.6) is 0 Å². The third-order valence-electron chi connectivity index (χ3n) is 3.64. The Hall–Kier alpha value is -1.07. The van der Waals surface area contributed by atoms with Gasteiger partial charge in [-0.3, -0.25) is 0 Å². The molecule has 0 amide bonds. The summed E-state index contributed by atoms with van der Waals surface area (Å²) in [6.07, 6.45) is 20.9. The van der Waals surface area contributed by atoms with Gasteiger partial charge in [0.15, 0.2) is 0 Å². The maximum Gasteiger partial charge on any atom is 0.0414 e. The predicted octanol–water partition coefficient (Wildman–Crippen LogP) is 4.38. The van der Waals surface area contributed by atoms with E-state index in [0.717, 1.165) is 19.3 Å². The topological polar surface area (TPSA) is 255 Å². The lowest BCUT2D eigenvalue weighted by molar-refractivity contribution is -0.362. The molecule has 0 saturated heterocycles. The van der Waals surface area contributed by atoms with Crippen LogP contribution in [0.1, 0.15) is 118 Å². The Bertz CT molecular complexity index is 293. The first-order valence-electron chi connectivity index (χ1n) is 11.6. The zero-order valence-electron chi connectivity index (χ0n) is 23.7. The van der Waals surface area contributed by atoms with Crippen molar-refractivity contribution in [1.82, 2.24) is 24.6 Å². The van der Waals surface area contributed by atoms with E-state index in [1.807, 2.05) is 0 Å². The van der Waals surface area contributed by atoms with Crippen molar-refractivity contribution in [3.05, 3.63) is 12.2 Å². The van der Waals surface area contributed by atoms with E-state index in [4.69, 9.17) is 15.3 Å². The fourth-order valence-corrected chi connectivity index (χ4v) is 2.34. The van der Waals surface area contributed by atoms with Gasteiger partial charge in [-0.15, -0.1) is 19.8 Å². The van der Waals surface area contributed by atoms with Gasteiger partial charge in [0.25, 0.3) is 0 Å². The molecule has 0 atom stereocenters. The average molecular weight is 489 g/mol. The van der Waals surface area contributed by atoms with Crippen LogP contribution >= 0.6 is 0 Å². The van der Waals surface area contributed by atoms with Crippen LogP contribution in [0.2, 0.25) is 0 Å². The van der Waals surface area contributed by atoms with Crippen molar-refractivity contribution in [3.63, 3.8) is 0 Å². The molecule has 0 aliphatic rings. The van der Waals surface area contributed by atoms with Gasteiger partial charge in [-0.05, 0) is 38.5 Å². The fraction of sp³-hybridized carbons (Fsp3) is 0.875. The number of quaternary nitrogens is 4. The summed E-state index contributed by atoms with van der Waals surface area (Å²) >= 11 is 0. The Balaban J connectivity index is -0.0000000692. The summed E-state index contributed by atoms with van der Waals surface area (Å²) in [4.78, 5) is 10.2. The molecule has 0 aliphatic heterocycles. The van der Waals surface area contributed by atoms with Gasteiger partial charge in [0.2, 0.25) is 0 Å². The molecule has 0 aliphatic carbocycles. The number of carbonyl (C=O) groups is 1. The molecule has 0 unspecified atom stereocenters. The number of aliphatic carboxylic acids is 1. The van der Waals surface area contributed by atoms with Gasteiger partial charge < -0.3 is 49.8 Å². The second-order valence-corrected chi connectivity index (χ2v) is 6.57. The highest BCUT2D eigenvalue weighted by Gasteiger charge is 1.91. The molecule has 0 fully saturated rings. The molecule has 0 heterocycles. The molecule has 33 heavy (non-hydrogen) atoms. The Labute approximate surface area is 205 Å². The van der Waals surface area contributed by atoms with E-state index in [-0.39, 0.29) is 50.8 Å². The van der Waals surface area contributed by atoms with Crippen molar-refractivity contribution in [1.29, 1.82) is 0 Å². The summed E-state index contributed by atoms with van der Waals surface area (Å²) in [5, 5.41) is 37.0. The molecule has 0 radical (unpaired) electrons. The van der Waals surface area contributed by atoms with Gasteiger partial charge in [-0.25, -0.2) is 0 Å². The van der Waals surface area contributed by atoms with Crippen molar-refractivity contribution >= 4 is 5.97 Å². The molecule has 0 bridgehead atoms. The summed E-state index contributed by atoms with van der Waals surface area (Å²) in [7, 11) is 0. The largest absolute Gasteiger partial charge is 0.855 e. The number of carbonyl (C=O) groups excluding carboxylic acids is 1. The number of allylic oxidation sites excluding steroid dienone is 2. The van der Waals surface area contributed by atoms with Crippen molar-refractivity contribution < 1.29 is 25.2 Å². The van der Waals surface area contributed by atoms with E-state index in [9.17, 15) is 9.90 Å². The SMILES string of the molecule is CCCCCCCC/C=C\CCCCCCCC(=O)[O-].CC[O-].CC[O-].CC[O-].[NH4+].[NH4+].[NH4+].[NH4+]. The fourth-order valence-electron chi connectivity index (χ4n) is 2.34. The van der Waals surface area contributed by atoms with Gasteiger partial charge in [0.05, 0.1) is 0 Å². The molecule has 0 saturated carbocycles. The van der Waals surface area contributed by atoms with Crippen molar-refractivity contribution in [2.75, 3.05) is 19.8 Å². The Morgan fingerprint density at radius 1 is 0.545 bits per heavy atom. The van der Waals surface area contributed by atoms with E-state index < -0.39 is 5.97 Å². The molecule has 0 aromatic rings. The second kappa shape index (κ2) is 63.2. The highest BCUT2D eigenvalue weighted by atomic mass is 16.4. The molecule has 210 valence electrons. The Morgan fingerprint density at radius 3 is 1.12 bits per heavy atom. The summed E-state index contributed by atoms with van der Waals surface area (Å²) in [6.45, 7) is 6.96. The van der Waals surface area contributed by atoms with Crippen LogP contribution in [0.4, 0.5) is 0 Å². The van der Waals surface area contributed by atoms with E-state index in [1.165, 1.54) is 64.2 Å². The minimum Gasteiger partial charge on any atom is -0.855 e. The molecule has 9 heteroatoms. The maximum absolute atomic E-state index is 10.2. The minimum absolute atomic E-state index is 0. The van der Waals surface area contributed by atoms with Crippen LogP contribution < -0.4 is 45.0 Å². The highest BCUT2D eigenvalue weighted by Crippen LogP contribution is 2.09. The zero-order chi connectivity index (χ0) is 23.0. The van der Waals surface area contributed by atoms with Gasteiger partial charge in [-0.2, -0.15) is 0 Å². The van der Waals surface area contributed by atoms with Crippen LogP contribution in [0, 0.1) is 0 Å². The standard InChI is InChI=1S/C18H34O2.3C2H5O.4H3N/c1-2-3-4-5-6-7-8-9-10-11-12-13-14-15-16-17-18(19)20;3*1-2-3;;;;/h9-10H,2-8,11-17H2,1H3,(H,19,20);3*2H2,1H3;4*1H3/q;3*-1;;;;/p+3/b10-9-;;;;;;;. The molecule has 16 N–H and O–H groups in total. The normalized spacial score (nSPS) is 8.45. The maximum atomic E-state index is 10.2. The zero-order valence-corrected chi connectivity index (χ0v) is 23.7. The minimum atomic E-state index is -0.914. The summed E-state index contributed by atoms with van der Waals surface area (Å²) < 4.78 is 0. The first-order valence-corrected chi connectivity index (χ1v) is 11.6. The van der Waals surface area contributed by atoms with Crippen LogP contribution in [-0.4, -0.2) is 25.8 Å². The molecular weight excluding hydrogens is 424 g/mol. The lowest BCUT2D eigenvalue weighted by Crippen LogP contribution is -2.21. The third-order valence-corrected chi connectivity index (χ3v) is 3.64. The second-order valence-electron chi connectivity index (χ2n) is 6.57. The van der Waals surface area contributed by atoms with Crippen molar-refractivity contribution in [3.8, 4) is 0 Å². The van der Waals surface area contributed by atoms with Crippen LogP contribution in [-0.2, 0) is 4.79 Å². The number of hydrogen-bond acceptors (Lipinski definition) is 5. The average Bonchev–Trinajstić information content (AvgIpc) is 2.66. The smallest absolute Gasteiger partial charge is 0.0414 e. The molecule has 9 nitrogen and oxygen atoms in total. The Morgan fingerprint density at radius 2 is 0.818 bits per heavy atom. The van der Waals surface area contributed by atoms with E-state index >= 15 is 0 Å². The first-order chi connectivity index (χ1) is 14.0. The molecule has 0 aromatic carbocycles. The third kappa shape index (κ3) is 102. The van der Waals surface area contributed by atoms with Gasteiger partial charge in [0.1, 0.15) is 0 Å². The number of unbranched alkanes of at least 4 members (excludes halogenated alkanes) is 11. The highest BCUT2D eigenvalue weighted by molar-refractivity contribution is 5.63. The van der Waals surface area contributed by atoms with E-state index in [1.54, 1.807) is 20.8 Å². The first kappa shape index (κ1) is 53.3. The number of carboxylic acid groups (broad SMARTS) is 1. The Kier molecular flexibility index (Phi) is 102.